The Morgan fingerprint density at radius 1 is 1.03 bits per heavy atom. The first-order valence-corrected chi connectivity index (χ1v) is 11.6. The van der Waals surface area contributed by atoms with Crippen LogP contribution in [0.15, 0.2) is 66.3 Å². The molecule has 4 aromatic rings. The largest absolute Gasteiger partial charge is 0.496 e. The first kappa shape index (κ1) is 20.0. The molecule has 0 radical (unpaired) electrons. The highest BCUT2D eigenvalue weighted by Crippen LogP contribution is 2.37. The van der Waals surface area contributed by atoms with Gasteiger partial charge >= 0.3 is 0 Å². The Morgan fingerprint density at radius 3 is 2.61 bits per heavy atom. The van der Waals surface area contributed by atoms with Crippen LogP contribution >= 0.6 is 11.3 Å². The Bertz CT molecular complexity index is 1150. The molecule has 158 valence electrons. The lowest BCUT2D eigenvalue weighted by molar-refractivity contribution is 0.249. The summed E-state index contributed by atoms with van der Waals surface area (Å²) in [4.78, 5) is 12.7. The van der Waals surface area contributed by atoms with Gasteiger partial charge < -0.3 is 10.1 Å². The minimum absolute atomic E-state index is 0.225. The quantitative estimate of drug-likeness (QED) is 0.413. The fourth-order valence-corrected chi connectivity index (χ4v) is 5.38. The van der Waals surface area contributed by atoms with Crippen molar-refractivity contribution in [1.29, 1.82) is 0 Å². The number of hydrogen-bond acceptors (Lipinski definition) is 6. The molecule has 1 fully saturated rings. The molecule has 1 aliphatic rings. The summed E-state index contributed by atoms with van der Waals surface area (Å²) in [5, 5.41) is 6.94. The zero-order chi connectivity index (χ0) is 21.0. The Balaban J connectivity index is 1.49. The number of para-hydroxylation sites is 1. The van der Waals surface area contributed by atoms with Crippen LogP contribution in [-0.4, -0.2) is 41.6 Å². The molecule has 2 aromatic carbocycles. The van der Waals surface area contributed by atoms with Gasteiger partial charge in [0.1, 0.15) is 22.7 Å². The van der Waals surface area contributed by atoms with Crippen LogP contribution in [0, 0.1) is 0 Å². The topological polar surface area (TPSA) is 50.3 Å². The van der Waals surface area contributed by atoms with Gasteiger partial charge in [0, 0.05) is 23.1 Å². The van der Waals surface area contributed by atoms with Gasteiger partial charge in [0.2, 0.25) is 0 Å². The SMILES string of the molecule is COc1ccccc1[C@@H](CNc1ncnc2scc(-c3ccccc3)c12)N1CCCC1. The number of ether oxygens (including phenoxy) is 1. The number of likely N-dealkylation sites (tertiary alicyclic amines) is 1. The van der Waals surface area contributed by atoms with E-state index >= 15 is 0 Å². The molecule has 0 saturated carbocycles. The van der Waals surface area contributed by atoms with E-state index in [1.165, 1.54) is 29.5 Å². The van der Waals surface area contributed by atoms with E-state index < -0.39 is 0 Å². The third-order valence-corrected chi connectivity index (χ3v) is 6.88. The van der Waals surface area contributed by atoms with E-state index in [-0.39, 0.29) is 6.04 Å². The first-order chi connectivity index (χ1) is 15.3. The zero-order valence-corrected chi connectivity index (χ0v) is 18.4. The van der Waals surface area contributed by atoms with E-state index in [4.69, 9.17) is 4.74 Å². The Morgan fingerprint density at radius 2 is 1.81 bits per heavy atom. The fourth-order valence-electron chi connectivity index (χ4n) is 4.46. The molecule has 1 N–H and O–H groups in total. The van der Waals surface area contributed by atoms with Crippen molar-refractivity contribution < 1.29 is 4.74 Å². The molecule has 0 amide bonds. The van der Waals surface area contributed by atoms with Crippen LogP contribution in [0.1, 0.15) is 24.4 Å². The van der Waals surface area contributed by atoms with Crippen LogP contribution in [0.4, 0.5) is 5.82 Å². The summed E-state index contributed by atoms with van der Waals surface area (Å²) < 4.78 is 5.69. The Labute approximate surface area is 186 Å². The Hall–Kier alpha value is -2.96. The molecule has 1 aliphatic heterocycles. The van der Waals surface area contributed by atoms with Crippen LogP contribution in [0.3, 0.4) is 0 Å². The average Bonchev–Trinajstić information content (AvgIpc) is 3.51. The van der Waals surface area contributed by atoms with Gasteiger partial charge in [-0.25, -0.2) is 9.97 Å². The van der Waals surface area contributed by atoms with Crippen molar-refractivity contribution in [3.05, 3.63) is 71.9 Å². The minimum Gasteiger partial charge on any atom is -0.496 e. The highest BCUT2D eigenvalue weighted by Gasteiger charge is 2.26. The number of methoxy groups -OCH3 is 1. The lowest BCUT2D eigenvalue weighted by Crippen LogP contribution is -2.31. The second-order valence-corrected chi connectivity index (χ2v) is 8.66. The number of anilines is 1. The van der Waals surface area contributed by atoms with Crippen molar-refractivity contribution in [2.45, 2.75) is 18.9 Å². The summed E-state index contributed by atoms with van der Waals surface area (Å²) in [6.45, 7) is 2.98. The summed E-state index contributed by atoms with van der Waals surface area (Å²) >= 11 is 1.66. The number of nitrogens with one attached hydrogen (secondary N) is 1. The number of benzene rings is 2. The van der Waals surface area contributed by atoms with Crippen LogP contribution < -0.4 is 10.1 Å². The van der Waals surface area contributed by atoms with Crippen molar-refractivity contribution in [3.8, 4) is 16.9 Å². The van der Waals surface area contributed by atoms with Gasteiger partial charge in [-0.2, -0.15) is 0 Å². The van der Waals surface area contributed by atoms with Crippen molar-refractivity contribution in [1.82, 2.24) is 14.9 Å². The van der Waals surface area contributed by atoms with Crippen LogP contribution in [0.2, 0.25) is 0 Å². The fraction of sp³-hybridized carbons (Fsp3) is 0.280. The number of rotatable bonds is 7. The number of aromatic nitrogens is 2. The van der Waals surface area contributed by atoms with Gasteiger partial charge in [-0.15, -0.1) is 11.3 Å². The van der Waals surface area contributed by atoms with E-state index in [1.54, 1.807) is 24.8 Å². The average molecular weight is 431 g/mol. The molecule has 5 nitrogen and oxygen atoms in total. The maximum absolute atomic E-state index is 5.69. The molecular weight excluding hydrogens is 404 g/mol. The van der Waals surface area contributed by atoms with E-state index in [1.807, 2.05) is 18.2 Å². The normalized spacial score (nSPS) is 15.3. The van der Waals surface area contributed by atoms with Crippen molar-refractivity contribution >= 4 is 27.4 Å². The molecule has 6 heteroatoms. The molecule has 0 bridgehead atoms. The molecule has 0 aliphatic carbocycles. The molecule has 5 rings (SSSR count). The lowest BCUT2D eigenvalue weighted by Gasteiger charge is -2.29. The minimum atomic E-state index is 0.225. The Kier molecular flexibility index (Phi) is 5.82. The summed E-state index contributed by atoms with van der Waals surface area (Å²) in [6.07, 6.45) is 4.14. The third kappa shape index (κ3) is 4.01. The maximum atomic E-state index is 5.69. The highest BCUT2D eigenvalue weighted by atomic mass is 32.1. The number of thiophene rings is 1. The number of nitrogens with zero attached hydrogens (tertiary/aromatic N) is 3. The third-order valence-electron chi connectivity index (χ3n) is 6.00. The monoisotopic (exact) mass is 430 g/mol. The van der Waals surface area contributed by atoms with Crippen LogP contribution in [0.25, 0.3) is 21.3 Å². The van der Waals surface area contributed by atoms with Gasteiger partial charge in [0.15, 0.2) is 0 Å². The van der Waals surface area contributed by atoms with Crippen LogP contribution in [-0.2, 0) is 0 Å². The van der Waals surface area contributed by atoms with Crippen molar-refractivity contribution in [2.75, 3.05) is 32.1 Å². The summed E-state index contributed by atoms with van der Waals surface area (Å²) in [5.74, 6) is 1.83. The van der Waals surface area contributed by atoms with Crippen LogP contribution in [0.5, 0.6) is 5.75 Å². The van der Waals surface area contributed by atoms with E-state index in [0.29, 0.717) is 0 Å². The summed E-state index contributed by atoms with van der Waals surface area (Å²) in [7, 11) is 1.75. The summed E-state index contributed by atoms with van der Waals surface area (Å²) in [5.41, 5.74) is 3.59. The maximum Gasteiger partial charge on any atom is 0.138 e. The predicted molar refractivity (Wildman–Crippen MR) is 128 cm³/mol. The second-order valence-electron chi connectivity index (χ2n) is 7.80. The van der Waals surface area contributed by atoms with Gasteiger partial charge in [-0.1, -0.05) is 48.5 Å². The predicted octanol–water partition coefficient (Wildman–Crippen LogP) is 5.62. The molecule has 31 heavy (non-hydrogen) atoms. The highest BCUT2D eigenvalue weighted by molar-refractivity contribution is 7.17. The molecule has 1 atom stereocenters. The molecule has 0 unspecified atom stereocenters. The van der Waals surface area contributed by atoms with E-state index in [9.17, 15) is 0 Å². The van der Waals surface area contributed by atoms with Gasteiger partial charge in [0.05, 0.1) is 18.5 Å². The molecule has 2 aromatic heterocycles. The zero-order valence-electron chi connectivity index (χ0n) is 17.6. The van der Waals surface area contributed by atoms with E-state index in [2.05, 4.69) is 62.0 Å². The molecular formula is C25H26N4OS. The number of fused-ring (bicyclic) bond motifs is 1. The standard InChI is InChI=1S/C25H26N4OS/c1-30-22-12-6-5-11-19(22)21(29-13-7-8-14-29)15-26-24-23-20(18-9-3-2-4-10-18)16-31-25(23)28-17-27-24/h2-6,9-12,16-17,21H,7-8,13-15H2,1H3,(H,26,27,28)/t21-/m1/s1. The molecule has 1 saturated heterocycles. The number of hydrogen-bond donors (Lipinski definition) is 1. The van der Waals surface area contributed by atoms with E-state index in [0.717, 1.165) is 41.4 Å². The van der Waals surface area contributed by atoms with Crippen molar-refractivity contribution in [3.63, 3.8) is 0 Å². The van der Waals surface area contributed by atoms with Gasteiger partial charge in [-0.05, 0) is 37.6 Å². The van der Waals surface area contributed by atoms with Gasteiger partial charge in [0.25, 0.3) is 0 Å². The second kappa shape index (κ2) is 9.04. The molecule has 0 spiro atoms. The molecule has 3 heterocycles. The van der Waals surface area contributed by atoms with Crippen molar-refractivity contribution in [2.24, 2.45) is 0 Å². The van der Waals surface area contributed by atoms with Gasteiger partial charge in [-0.3, -0.25) is 4.90 Å². The summed E-state index contributed by atoms with van der Waals surface area (Å²) in [6, 6.07) is 19.0. The lowest BCUT2D eigenvalue weighted by atomic mass is 10.0. The smallest absolute Gasteiger partial charge is 0.138 e. The first-order valence-electron chi connectivity index (χ1n) is 10.7.